The number of amides is 1. The van der Waals surface area contributed by atoms with Gasteiger partial charge in [0.05, 0.1) is 23.5 Å². The minimum Gasteiger partial charge on any atom is -0.497 e. The molecule has 0 fully saturated rings. The number of nitrogen functional groups attached to an aromatic ring is 1. The number of aromatic nitrogens is 3. The second-order valence-electron chi connectivity index (χ2n) is 6.32. The maximum atomic E-state index is 12.2. The topological polar surface area (TPSA) is 163 Å². The lowest BCUT2D eigenvalue weighted by Crippen LogP contribution is -2.17. The number of nitro benzene ring substituents is 1. The Bertz CT molecular complexity index is 1150. The van der Waals surface area contributed by atoms with E-state index in [1.54, 1.807) is 13.2 Å². The van der Waals surface area contributed by atoms with E-state index >= 15 is 0 Å². The maximum absolute atomic E-state index is 12.2. The molecule has 0 atom stereocenters. The number of nitro groups is 1. The van der Waals surface area contributed by atoms with Crippen LogP contribution in [-0.2, 0) is 4.79 Å². The first-order valence-corrected chi connectivity index (χ1v) is 10.2. The lowest BCUT2D eigenvalue weighted by Gasteiger charge is -2.06. The van der Waals surface area contributed by atoms with Crippen molar-refractivity contribution in [2.45, 2.75) is 12.1 Å². The predicted molar refractivity (Wildman–Crippen MR) is 121 cm³/mol. The monoisotopic (exact) mass is 456 g/mol. The molecular weight excluding hydrogens is 436 g/mol. The molecule has 0 spiro atoms. The van der Waals surface area contributed by atoms with Gasteiger partial charge in [-0.1, -0.05) is 23.9 Å². The molecule has 32 heavy (non-hydrogen) atoms. The lowest BCUT2D eigenvalue weighted by molar-refractivity contribution is -0.383. The number of ether oxygens (including phenoxy) is 1. The molecule has 0 saturated carbocycles. The Hall–Kier alpha value is -4.13. The van der Waals surface area contributed by atoms with E-state index in [1.165, 1.54) is 18.2 Å². The maximum Gasteiger partial charge on any atom is 0.292 e. The molecule has 13 heteroatoms. The zero-order valence-electron chi connectivity index (χ0n) is 17.2. The van der Waals surface area contributed by atoms with Crippen LogP contribution in [0.1, 0.15) is 12.5 Å². The van der Waals surface area contributed by atoms with Crippen molar-refractivity contribution in [2.24, 2.45) is 5.10 Å². The molecule has 0 saturated heterocycles. The summed E-state index contributed by atoms with van der Waals surface area (Å²) in [5.41, 5.74) is 4.23. The molecule has 1 amide bonds. The fourth-order valence-electron chi connectivity index (χ4n) is 2.54. The van der Waals surface area contributed by atoms with E-state index in [0.29, 0.717) is 5.71 Å². The second-order valence-corrected chi connectivity index (χ2v) is 7.27. The number of para-hydroxylation sites is 2. The first-order valence-electron chi connectivity index (χ1n) is 9.20. The minimum absolute atomic E-state index is 0.0739. The lowest BCUT2D eigenvalue weighted by atomic mass is 10.1. The smallest absolute Gasteiger partial charge is 0.292 e. The molecular formula is C19H20N8O4S. The molecule has 0 aliphatic rings. The SMILES string of the molecule is COc1ccc(/C(C)=N/Nc2nnc(SCC(=O)Nc3ccccc3[N+](=O)[O-])n2N)cc1. The summed E-state index contributed by atoms with van der Waals surface area (Å²) in [5.74, 6) is 6.37. The van der Waals surface area contributed by atoms with Crippen molar-refractivity contribution in [3.8, 4) is 5.75 Å². The first-order chi connectivity index (χ1) is 15.4. The van der Waals surface area contributed by atoms with Crippen LogP contribution in [0.15, 0.2) is 58.8 Å². The van der Waals surface area contributed by atoms with Gasteiger partial charge in [-0.25, -0.2) is 10.1 Å². The highest BCUT2D eigenvalue weighted by molar-refractivity contribution is 7.99. The van der Waals surface area contributed by atoms with Gasteiger partial charge in [-0.15, -0.1) is 10.2 Å². The number of rotatable bonds is 9. The Morgan fingerprint density at radius 3 is 2.66 bits per heavy atom. The minimum atomic E-state index is -0.564. The van der Waals surface area contributed by atoms with Crippen LogP contribution < -0.4 is 21.3 Å². The summed E-state index contributed by atoms with van der Waals surface area (Å²) in [6.07, 6.45) is 0. The summed E-state index contributed by atoms with van der Waals surface area (Å²) in [7, 11) is 1.59. The molecule has 3 aromatic rings. The van der Waals surface area contributed by atoms with Crippen LogP contribution >= 0.6 is 11.8 Å². The van der Waals surface area contributed by atoms with Gasteiger partial charge in [0, 0.05) is 6.07 Å². The number of nitrogens with zero attached hydrogens (tertiary/aromatic N) is 5. The molecule has 1 heterocycles. The van der Waals surface area contributed by atoms with Crippen LogP contribution in [0.5, 0.6) is 5.75 Å². The van der Waals surface area contributed by atoms with Crippen molar-refractivity contribution < 1.29 is 14.5 Å². The van der Waals surface area contributed by atoms with E-state index in [1.807, 2.05) is 31.2 Å². The average molecular weight is 456 g/mol. The van der Waals surface area contributed by atoms with Gasteiger partial charge in [-0.05, 0) is 42.8 Å². The molecule has 4 N–H and O–H groups in total. The zero-order chi connectivity index (χ0) is 23.1. The Balaban J connectivity index is 1.59. The molecule has 0 aliphatic carbocycles. The van der Waals surface area contributed by atoms with Gasteiger partial charge in [-0.3, -0.25) is 14.9 Å². The third kappa shape index (κ3) is 5.51. The fraction of sp³-hybridized carbons (Fsp3) is 0.158. The number of hydrazone groups is 1. The number of benzene rings is 2. The standard InChI is InChI=1S/C19H20N8O4S/c1-12(13-7-9-14(31-2)10-8-13)22-23-18-24-25-19(26(18)20)32-11-17(28)21-15-5-3-4-6-16(15)27(29)30/h3-10H,11,20H2,1-2H3,(H,21,28)(H,23,24)/b22-12+. The highest BCUT2D eigenvalue weighted by atomic mass is 32.2. The Labute approximate surface area is 187 Å². The molecule has 12 nitrogen and oxygen atoms in total. The number of thioether (sulfide) groups is 1. The van der Waals surface area contributed by atoms with Gasteiger partial charge in [0.1, 0.15) is 11.4 Å². The Morgan fingerprint density at radius 2 is 1.97 bits per heavy atom. The number of methoxy groups -OCH3 is 1. The quantitative estimate of drug-likeness (QED) is 0.144. The zero-order valence-corrected chi connectivity index (χ0v) is 18.0. The largest absolute Gasteiger partial charge is 0.497 e. The summed E-state index contributed by atoms with van der Waals surface area (Å²) in [6.45, 7) is 1.81. The van der Waals surface area contributed by atoms with Gasteiger partial charge in [-0.2, -0.15) is 5.10 Å². The summed E-state index contributed by atoms with van der Waals surface area (Å²) in [4.78, 5) is 22.7. The summed E-state index contributed by atoms with van der Waals surface area (Å²) in [5, 5.41) is 25.9. The van der Waals surface area contributed by atoms with E-state index in [2.05, 4.69) is 26.0 Å². The van der Waals surface area contributed by atoms with E-state index < -0.39 is 10.8 Å². The van der Waals surface area contributed by atoms with Crippen LogP contribution in [0.3, 0.4) is 0 Å². The third-order valence-electron chi connectivity index (χ3n) is 4.20. The Kier molecular flexibility index (Phi) is 7.23. The first kappa shape index (κ1) is 22.6. The highest BCUT2D eigenvalue weighted by Gasteiger charge is 2.16. The molecule has 166 valence electrons. The summed E-state index contributed by atoms with van der Waals surface area (Å²) in [6, 6.07) is 13.3. The highest BCUT2D eigenvalue weighted by Crippen LogP contribution is 2.24. The number of carbonyl (C=O) groups excluding carboxylic acids is 1. The van der Waals surface area contributed by atoms with E-state index in [0.717, 1.165) is 27.8 Å². The van der Waals surface area contributed by atoms with Crippen LogP contribution in [0.2, 0.25) is 0 Å². The van der Waals surface area contributed by atoms with Crippen molar-refractivity contribution in [3.63, 3.8) is 0 Å². The van der Waals surface area contributed by atoms with Crippen molar-refractivity contribution in [3.05, 3.63) is 64.2 Å². The van der Waals surface area contributed by atoms with Gasteiger partial charge >= 0.3 is 0 Å². The van der Waals surface area contributed by atoms with Crippen LogP contribution in [0.4, 0.5) is 17.3 Å². The third-order valence-corrected chi connectivity index (χ3v) is 5.15. The van der Waals surface area contributed by atoms with Crippen molar-refractivity contribution >= 4 is 40.7 Å². The molecule has 0 aliphatic heterocycles. The van der Waals surface area contributed by atoms with E-state index in [9.17, 15) is 14.9 Å². The van der Waals surface area contributed by atoms with Crippen LogP contribution in [0.25, 0.3) is 0 Å². The molecule has 0 bridgehead atoms. The van der Waals surface area contributed by atoms with Crippen LogP contribution in [0, 0.1) is 10.1 Å². The molecule has 0 radical (unpaired) electrons. The van der Waals surface area contributed by atoms with E-state index in [-0.39, 0.29) is 28.2 Å². The molecule has 1 aromatic heterocycles. The number of nitrogens with one attached hydrogen (secondary N) is 2. The molecule has 0 unspecified atom stereocenters. The average Bonchev–Trinajstić information content (AvgIpc) is 3.15. The number of anilines is 2. The van der Waals surface area contributed by atoms with Crippen LogP contribution in [-0.4, -0.2) is 44.3 Å². The van der Waals surface area contributed by atoms with E-state index in [4.69, 9.17) is 10.6 Å². The predicted octanol–water partition coefficient (Wildman–Crippen LogP) is 2.48. The van der Waals surface area contributed by atoms with Crippen molar-refractivity contribution in [1.82, 2.24) is 14.9 Å². The van der Waals surface area contributed by atoms with Crippen molar-refractivity contribution in [2.75, 3.05) is 29.4 Å². The number of nitrogens with two attached hydrogens (primary N) is 1. The normalized spacial score (nSPS) is 11.1. The van der Waals surface area contributed by atoms with Gasteiger partial charge in [0.15, 0.2) is 0 Å². The summed E-state index contributed by atoms with van der Waals surface area (Å²) >= 11 is 1.02. The van der Waals surface area contributed by atoms with Gasteiger partial charge in [0.2, 0.25) is 11.1 Å². The second kappa shape index (κ2) is 10.3. The number of hydrogen-bond acceptors (Lipinski definition) is 10. The summed E-state index contributed by atoms with van der Waals surface area (Å²) < 4.78 is 6.29. The molecule has 3 rings (SSSR count). The molecule has 2 aromatic carbocycles. The number of hydrogen-bond donors (Lipinski definition) is 3. The Morgan fingerprint density at radius 1 is 1.25 bits per heavy atom. The fourth-order valence-corrected chi connectivity index (χ4v) is 3.19. The van der Waals surface area contributed by atoms with Gasteiger partial charge in [0.25, 0.3) is 11.6 Å². The number of carbonyl (C=O) groups is 1. The van der Waals surface area contributed by atoms with Crippen molar-refractivity contribution in [1.29, 1.82) is 0 Å². The van der Waals surface area contributed by atoms with Gasteiger partial charge < -0.3 is 15.9 Å².